The molecule has 8 heteroatoms. The SMILES string of the molecule is O=S(=O)(O)c1ccc(N=NSc2ccc3ccccc3c2)cc1.[Na+]. The molecule has 0 heterocycles. The summed E-state index contributed by atoms with van der Waals surface area (Å²) < 4.78 is 34.8. The second-order valence-corrected chi connectivity index (χ2v) is 6.99. The molecule has 0 radical (unpaired) electrons. The standard InChI is InChI=1S/C16H12N2O3S2.Na/c19-23(20,21)16-9-6-14(7-10-16)17-18-22-15-8-5-12-3-1-2-4-13(12)11-15;/h1-11H,(H,19,20,21);/q;+1. The Kier molecular flexibility index (Phi) is 6.56. The molecule has 0 saturated carbocycles. The minimum absolute atomic E-state index is 0. The Bertz CT molecular complexity index is 974. The normalized spacial score (nSPS) is 11.5. The zero-order valence-corrected chi connectivity index (χ0v) is 16.5. The molecule has 24 heavy (non-hydrogen) atoms. The fraction of sp³-hybridized carbons (Fsp3) is 0. The van der Waals surface area contributed by atoms with Crippen molar-refractivity contribution in [3.8, 4) is 0 Å². The van der Waals surface area contributed by atoms with E-state index in [1.807, 2.05) is 42.5 Å². The summed E-state index contributed by atoms with van der Waals surface area (Å²) in [6.45, 7) is 0. The molecule has 0 spiro atoms. The van der Waals surface area contributed by atoms with E-state index < -0.39 is 10.1 Å². The van der Waals surface area contributed by atoms with Gasteiger partial charge in [-0.05, 0) is 47.2 Å². The second-order valence-electron chi connectivity index (χ2n) is 4.75. The predicted molar refractivity (Wildman–Crippen MR) is 90.6 cm³/mol. The predicted octanol–water partition coefficient (Wildman–Crippen LogP) is 1.88. The van der Waals surface area contributed by atoms with Gasteiger partial charge in [-0.3, -0.25) is 4.55 Å². The van der Waals surface area contributed by atoms with Crippen molar-refractivity contribution in [1.29, 1.82) is 0 Å². The van der Waals surface area contributed by atoms with E-state index in [0.717, 1.165) is 15.7 Å². The molecule has 1 N–H and O–H groups in total. The Morgan fingerprint density at radius 3 is 2.21 bits per heavy atom. The van der Waals surface area contributed by atoms with Crippen molar-refractivity contribution in [3.05, 3.63) is 66.7 Å². The van der Waals surface area contributed by atoms with Crippen LogP contribution in [-0.2, 0) is 10.1 Å². The van der Waals surface area contributed by atoms with Gasteiger partial charge in [0, 0.05) is 16.8 Å². The number of hydrogen-bond acceptors (Lipinski definition) is 5. The molecule has 3 aromatic rings. The van der Waals surface area contributed by atoms with E-state index in [2.05, 4.69) is 9.63 Å². The third-order valence-electron chi connectivity index (χ3n) is 3.16. The first-order chi connectivity index (χ1) is 11.0. The van der Waals surface area contributed by atoms with Crippen LogP contribution in [0.2, 0.25) is 0 Å². The third-order valence-corrected chi connectivity index (χ3v) is 4.65. The Balaban J connectivity index is 0.00000208. The van der Waals surface area contributed by atoms with Gasteiger partial charge in [0.1, 0.15) is 0 Å². The maximum Gasteiger partial charge on any atom is 1.00 e. The van der Waals surface area contributed by atoms with Gasteiger partial charge in [0.25, 0.3) is 10.1 Å². The van der Waals surface area contributed by atoms with Gasteiger partial charge < -0.3 is 0 Å². The van der Waals surface area contributed by atoms with Crippen molar-refractivity contribution in [2.75, 3.05) is 0 Å². The first-order valence-electron chi connectivity index (χ1n) is 6.67. The number of rotatable bonds is 4. The molecule has 0 bridgehead atoms. The summed E-state index contributed by atoms with van der Waals surface area (Å²) in [6, 6.07) is 19.6. The maximum atomic E-state index is 10.9. The minimum atomic E-state index is -4.18. The number of nitrogens with zero attached hydrogens (tertiary/aromatic N) is 2. The van der Waals surface area contributed by atoms with Gasteiger partial charge in [0.15, 0.2) is 0 Å². The molecule has 5 nitrogen and oxygen atoms in total. The molecular weight excluding hydrogens is 355 g/mol. The van der Waals surface area contributed by atoms with Crippen molar-refractivity contribution in [1.82, 2.24) is 0 Å². The van der Waals surface area contributed by atoms with Gasteiger partial charge in [-0.15, -0.1) is 9.63 Å². The first-order valence-corrected chi connectivity index (χ1v) is 8.88. The fourth-order valence-corrected chi connectivity index (χ4v) is 3.04. The van der Waals surface area contributed by atoms with Crippen LogP contribution in [0.1, 0.15) is 0 Å². The van der Waals surface area contributed by atoms with E-state index in [-0.39, 0.29) is 34.5 Å². The molecule has 0 saturated heterocycles. The van der Waals surface area contributed by atoms with Crippen LogP contribution in [0.15, 0.2) is 86.2 Å². The third kappa shape index (κ3) is 4.89. The average molecular weight is 367 g/mol. The minimum Gasteiger partial charge on any atom is -0.282 e. The van der Waals surface area contributed by atoms with E-state index in [9.17, 15) is 8.42 Å². The molecular formula is C16H12N2NaO3S2+. The number of fused-ring (bicyclic) bond motifs is 1. The van der Waals surface area contributed by atoms with E-state index >= 15 is 0 Å². The van der Waals surface area contributed by atoms with Crippen LogP contribution in [0.4, 0.5) is 5.69 Å². The van der Waals surface area contributed by atoms with Crippen LogP contribution in [0.25, 0.3) is 10.8 Å². The van der Waals surface area contributed by atoms with Gasteiger partial charge >= 0.3 is 29.6 Å². The maximum absolute atomic E-state index is 10.9. The van der Waals surface area contributed by atoms with E-state index in [1.54, 1.807) is 0 Å². The monoisotopic (exact) mass is 367 g/mol. The summed E-state index contributed by atoms with van der Waals surface area (Å²) in [7, 11) is -4.18. The van der Waals surface area contributed by atoms with E-state index in [4.69, 9.17) is 4.55 Å². The Labute approximate surface area is 166 Å². The summed E-state index contributed by atoms with van der Waals surface area (Å²) in [5, 5.41) is 6.31. The first kappa shape index (κ1) is 19.1. The topological polar surface area (TPSA) is 79.1 Å². The average Bonchev–Trinajstić information content (AvgIpc) is 2.54. The van der Waals surface area contributed by atoms with Gasteiger partial charge in [0.05, 0.1) is 10.6 Å². The van der Waals surface area contributed by atoms with E-state index in [1.165, 1.54) is 36.2 Å². The number of hydrogen-bond donors (Lipinski definition) is 1. The van der Waals surface area contributed by atoms with Crippen LogP contribution < -0.4 is 29.6 Å². The molecule has 3 rings (SSSR count). The van der Waals surface area contributed by atoms with Crippen LogP contribution in [0, 0.1) is 0 Å². The summed E-state index contributed by atoms with van der Waals surface area (Å²) >= 11 is 1.23. The Morgan fingerprint density at radius 1 is 0.875 bits per heavy atom. The van der Waals surface area contributed by atoms with E-state index in [0.29, 0.717) is 5.69 Å². The Morgan fingerprint density at radius 2 is 1.54 bits per heavy atom. The van der Waals surface area contributed by atoms with Crippen molar-refractivity contribution in [2.24, 2.45) is 9.63 Å². The van der Waals surface area contributed by atoms with Gasteiger partial charge in [0.2, 0.25) is 0 Å². The molecule has 116 valence electrons. The molecule has 0 aromatic heterocycles. The molecule has 0 aliphatic carbocycles. The van der Waals surface area contributed by atoms with Crippen molar-refractivity contribution < 1.29 is 42.5 Å². The van der Waals surface area contributed by atoms with Gasteiger partial charge in [-0.25, -0.2) is 0 Å². The molecule has 3 aromatic carbocycles. The zero-order chi connectivity index (χ0) is 16.3. The molecule has 0 aliphatic heterocycles. The summed E-state index contributed by atoms with van der Waals surface area (Å²) in [5.74, 6) is 0. The van der Waals surface area contributed by atoms with Crippen LogP contribution in [0.5, 0.6) is 0 Å². The molecule has 0 aliphatic rings. The summed E-state index contributed by atoms with van der Waals surface area (Å²) in [5.41, 5.74) is 0.505. The largest absolute Gasteiger partial charge is 1.00 e. The van der Waals surface area contributed by atoms with Crippen molar-refractivity contribution in [2.45, 2.75) is 9.79 Å². The molecule has 0 atom stereocenters. The summed E-state index contributed by atoms with van der Waals surface area (Å²) in [6.07, 6.45) is 0. The quantitative estimate of drug-likeness (QED) is 0.331. The van der Waals surface area contributed by atoms with Gasteiger partial charge in [-0.2, -0.15) is 8.42 Å². The van der Waals surface area contributed by atoms with Crippen LogP contribution >= 0.6 is 11.9 Å². The smallest absolute Gasteiger partial charge is 0.282 e. The van der Waals surface area contributed by atoms with Crippen molar-refractivity contribution in [3.63, 3.8) is 0 Å². The molecule has 0 fully saturated rings. The van der Waals surface area contributed by atoms with Crippen LogP contribution in [-0.4, -0.2) is 13.0 Å². The fourth-order valence-electron chi connectivity index (χ4n) is 2.02. The summed E-state index contributed by atoms with van der Waals surface area (Å²) in [4.78, 5) is 0.792. The molecule has 0 amide bonds. The number of benzene rings is 3. The Hall–Kier alpha value is -1.22. The van der Waals surface area contributed by atoms with Crippen LogP contribution in [0.3, 0.4) is 0 Å². The zero-order valence-electron chi connectivity index (χ0n) is 12.8. The van der Waals surface area contributed by atoms with Gasteiger partial charge in [-0.1, -0.05) is 30.3 Å². The molecule has 0 unspecified atom stereocenters. The second kappa shape index (κ2) is 8.24. The van der Waals surface area contributed by atoms with Crippen molar-refractivity contribution >= 4 is 38.5 Å².